The Morgan fingerprint density at radius 1 is 1.27 bits per heavy atom. The third-order valence-electron chi connectivity index (χ3n) is 3.35. The minimum Gasteiger partial charge on any atom is -0.468 e. The molecule has 0 amide bonds. The highest BCUT2D eigenvalue weighted by molar-refractivity contribution is 5.85. The Bertz CT molecular complexity index is 695. The van der Waals surface area contributed by atoms with E-state index in [1.807, 2.05) is 30.3 Å². The number of ether oxygens (including phenoxy) is 1. The van der Waals surface area contributed by atoms with Crippen molar-refractivity contribution in [2.24, 2.45) is 12.8 Å². The topological polar surface area (TPSA) is 74.3 Å². The zero-order chi connectivity index (χ0) is 15.4. The monoisotopic (exact) mass is 322 g/mol. The Balaban J connectivity index is 0.00000242. The molecular weight excluding hydrogens is 304 g/mol. The van der Waals surface area contributed by atoms with Gasteiger partial charge in [0.25, 0.3) is 5.56 Å². The van der Waals surface area contributed by atoms with Gasteiger partial charge < -0.3 is 15.0 Å². The third-order valence-corrected chi connectivity index (χ3v) is 3.35. The van der Waals surface area contributed by atoms with E-state index >= 15 is 0 Å². The van der Waals surface area contributed by atoms with Crippen molar-refractivity contribution in [1.82, 2.24) is 4.57 Å². The Morgan fingerprint density at radius 3 is 2.50 bits per heavy atom. The second kappa shape index (κ2) is 7.77. The van der Waals surface area contributed by atoms with Gasteiger partial charge >= 0.3 is 5.97 Å². The van der Waals surface area contributed by atoms with E-state index < -0.39 is 12.0 Å². The number of aromatic nitrogens is 1. The van der Waals surface area contributed by atoms with Crippen LogP contribution >= 0.6 is 12.4 Å². The molecule has 0 aliphatic heterocycles. The number of nitrogens with zero attached hydrogens (tertiary/aromatic N) is 1. The first-order valence-electron chi connectivity index (χ1n) is 6.61. The van der Waals surface area contributed by atoms with Crippen LogP contribution in [0.25, 0.3) is 11.1 Å². The molecule has 0 fully saturated rings. The van der Waals surface area contributed by atoms with E-state index in [1.165, 1.54) is 11.7 Å². The van der Waals surface area contributed by atoms with Crippen LogP contribution < -0.4 is 11.3 Å². The van der Waals surface area contributed by atoms with Crippen LogP contribution in [0.4, 0.5) is 0 Å². The maximum absolute atomic E-state index is 12.0. The SMILES string of the molecule is COC(=O)[C@@H](N)Cc1ccc(-c2cccn(C)c2=O)cc1.Cl. The van der Waals surface area contributed by atoms with Gasteiger partial charge in [0.2, 0.25) is 0 Å². The molecule has 2 aromatic rings. The maximum Gasteiger partial charge on any atom is 0.322 e. The summed E-state index contributed by atoms with van der Waals surface area (Å²) < 4.78 is 6.14. The van der Waals surface area contributed by atoms with Crippen LogP contribution in [0.3, 0.4) is 0 Å². The fourth-order valence-corrected chi connectivity index (χ4v) is 2.13. The second-order valence-corrected chi connectivity index (χ2v) is 4.87. The molecule has 1 heterocycles. The molecule has 6 heteroatoms. The van der Waals surface area contributed by atoms with Crippen LogP contribution in [0.5, 0.6) is 0 Å². The van der Waals surface area contributed by atoms with E-state index in [0.29, 0.717) is 12.0 Å². The summed E-state index contributed by atoms with van der Waals surface area (Å²) in [6.07, 6.45) is 2.12. The smallest absolute Gasteiger partial charge is 0.322 e. The third kappa shape index (κ3) is 3.96. The first-order valence-corrected chi connectivity index (χ1v) is 6.61. The van der Waals surface area contributed by atoms with Gasteiger partial charge in [0.1, 0.15) is 6.04 Å². The normalized spacial score (nSPS) is 11.4. The molecule has 0 saturated carbocycles. The average molecular weight is 323 g/mol. The Kier molecular flexibility index (Phi) is 6.34. The van der Waals surface area contributed by atoms with Crippen LogP contribution in [0.2, 0.25) is 0 Å². The Labute approximate surface area is 135 Å². The number of benzene rings is 1. The highest BCUT2D eigenvalue weighted by Gasteiger charge is 2.14. The van der Waals surface area contributed by atoms with Gasteiger partial charge in [-0.25, -0.2) is 0 Å². The van der Waals surface area contributed by atoms with Crippen molar-refractivity contribution in [3.63, 3.8) is 0 Å². The van der Waals surface area contributed by atoms with Gasteiger partial charge in [0.15, 0.2) is 0 Å². The predicted octanol–water partition coefficient (Wildman–Crippen LogP) is 1.52. The maximum atomic E-state index is 12.0. The molecule has 2 N–H and O–H groups in total. The summed E-state index contributed by atoms with van der Waals surface area (Å²) in [6.45, 7) is 0. The van der Waals surface area contributed by atoms with Gasteiger partial charge in [-0.1, -0.05) is 24.3 Å². The first kappa shape index (κ1) is 17.9. The molecule has 0 bridgehead atoms. The van der Waals surface area contributed by atoms with Crippen LogP contribution in [0.15, 0.2) is 47.4 Å². The van der Waals surface area contributed by atoms with Gasteiger partial charge in [0, 0.05) is 18.8 Å². The summed E-state index contributed by atoms with van der Waals surface area (Å²) in [4.78, 5) is 23.3. The van der Waals surface area contributed by atoms with E-state index in [0.717, 1.165) is 11.1 Å². The summed E-state index contributed by atoms with van der Waals surface area (Å²) in [5, 5.41) is 0. The summed E-state index contributed by atoms with van der Waals surface area (Å²) in [7, 11) is 3.03. The van der Waals surface area contributed by atoms with Crippen molar-refractivity contribution in [1.29, 1.82) is 0 Å². The second-order valence-electron chi connectivity index (χ2n) is 4.87. The fraction of sp³-hybridized carbons (Fsp3) is 0.250. The molecule has 1 aromatic carbocycles. The molecule has 118 valence electrons. The summed E-state index contributed by atoms with van der Waals surface area (Å²) >= 11 is 0. The predicted molar refractivity (Wildman–Crippen MR) is 88.1 cm³/mol. The quantitative estimate of drug-likeness (QED) is 0.866. The number of carbonyl (C=O) groups excluding carboxylic acids is 1. The Morgan fingerprint density at radius 2 is 1.91 bits per heavy atom. The first-order chi connectivity index (χ1) is 10.0. The van der Waals surface area contributed by atoms with Gasteiger partial charge in [0.05, 0.1) is 7.11 Å². The zero-order valence-corrected chi connectivity index (χ0v) is 13.3. The van der Waals surface area contributed by atoms with E-state index in [4.69, 9.17) is 5.73 Å². The summed E-state index contributed by atoms with van der Waals surface area (Å²) in [6, 6.07) is 10.4. The van der Waals surface area contributed by atoms with E-state index in [-0.39, 0.29) is 18.0 Å². The van der Waals surface area contributed by atoms with Gasteiger partial charge in [-0.3, -0.25) is 9.59 Å². The Hall–Kier alpha value is -2.11. The number of carbonyl (C=O) groups is 1. The fourth-order valence-electron chi connectivity index (χ4n) is 2.13. The van der Waals surface area contributed by atoms with Crippen molar-refractivity contribution in [3.8, 4) is 11.1 Å². The minimum absolute atomic E-state index is 0. The standard InChI is InChI=1S/C16H18N2O3.ClH/c1-18-9-3-4-13(15(18)19)12-7-5-11(6-8-12)10-14(17)16(20)21-2;/h3-9,14H,10,17H2,1-2H3;1H/t14-;/m0./s1. The average Bonchev–Trinajstić information content (AvgIpc) is 2.50. The van der Waals surface area contributed by atoms with E-state index in [1.54, 1.807) is 19.3 Å². The van der Waals surface area contributed by atoms with Crippen molar-refractivity contribution in [3.05, 3.63) is 58.5 Å². The van der Waals surface area contributed by atoms with E-state index in [2.05, 4.69) is 4.74 Å². The van der Waals surface area contributed by atoms with Crippen molar-refractivity contribution >= 4 is 18.4 Å². The lowest BCUT2D eigenvalue weighted by Gasteiger charge is -2.10. The lowest BCUT2D eigenvalue weighted by Crippen LogP contribution is -2.33. The molecule has 1 atom stereocenters. The number of methoxy groups -OCH3 is 1. The van der Waals surface area contributed by atoms with Crippen LogP contribution in [0.1, 0.15) is 5.56 Å². The molecule has 22 heavy (non-hydrogen) atoms. The summed E-state index contributed by atoms with van der Waals surface area (Å²) in [5.41, 5.74) is 8.08. The van der Waals surface area contributed by atoms with Crippen molar-refractivity contribution < 1.29 is 9.53 Å². The molecule has 0 aliphatic carbocycles. The van der Waals surface area contributed by atoms with Crippen molar-refractivity contribution in [2.75, 3.05) is 7.11 Å². The molecule has 0 saturated heterocycles. The minimum atomic E-state index is -0.676. The number of aryl methyl sites for hydroxylation is 1. The van der Waals surface area contributed by atoms with Crippen LogP contribution in [-0.4, -0.2) is 23.7 Å². The van der Waals surface area contributed by atoms with Gasteiger partial charge in [-0.05, 0) is 29.7 Å². The molecular formula is C16H19ClN2O3. The molecule has 1 aromatic heterocycles. The zero-order valence-electron chi connectivity index (χ0n) is 12.5. The molecule has 0 spiro atoms. The largest absolute Gasteiger partial charge is 0.468 e. The number of esters is 1. The molecule has 0 unspecified atom stereocenters. The number of pyridine rings is 1. The highest BCUT2D eigenvalue weighted by atomic mass is 35.5. The van der Waals surface area contributed by atoms with Gasteiger partial charge in [-0.15, -0.1) is 12.4 Å². The molecule has 0 aliphatic rings. The lowest BCUT2D eigenvalue weighted by atomic mass is 10.0. The van der Waals surface area contributed by atoms with Gasteiger partial charge in [-0.2, -0.15) is 0 Å². The number of hydrogen-bond acceptors (Lipinski definition) is 4. The summed E-state index contributed by atoms with van der Waals surface area (Å²) in [5.74, 6) is -0.434. The molecule has 2 rings (SSSR count). The number of nitrogens with two attached hydrogens (primary N) is 1. The number of hydrogen-bond donors (Lipinski definition) is 1. The number of halogens is 1. The van der Waals surface area contributed by atoms with Crippen LogP contribution in [0, 0.1) is 0 Å². The lowest BCUT2D eigenvalue weighted by molar-refractivity contribution is -0.142. The highest BCUT2D eigenvalue weighted by Crippen LogP contribution is 2.16. The van der Waals surface area contributed by atoms with Crippen LogP contribution in [-0.2, 0) is 23.0 Å². The molecule has 5 nitrogen and oxygen atoms in total. The van der Waals surface area contributed by atoms with Crippen molar-refractivity contribution in [2.45, 2.75) is 12.5 Å². The molecule has 0 radical (unpaired) electrons. The van der Waals surface area contributed by atoms with E-state index in [9.17, 15) is 9.59 Å². The number of rotatable bonds is 4.